The molecule has 0 spiro atoms. The zero-order valence-electron chi connectivity index (χ0n) is 9.35. The Hall–Kier alpha value is -0.510. The summed E-state index contributed by atoms with van der Waals surface area (Å²) < 4.78 is 24.9. The summed E-state index contributed by atoms with van der Waals surface area (Å²) in [5, 5.41) is 7.07. The number of aryl methyl sites for hydroxylation is 1. The Morgan fingerprint density at radius 2 is 2.00 bits per heavy atom. The second kappa shape index (κ2) is 4.40. The van der Waals surface area contributed by atoms with Crippen molar-refractivity contribution < 1.29 is 13.3 Å². The van der Waals surface area contributed by atoms with Gasteiger partial charge in [-0.15, -0.1) is 5.10 Å². The minimum Gasteiger partial charge on any atom is -0.281 e. The standard InChI is InChI=1S/C7H13BrN4O3S/c1-7(2,3)15-11-16(13,14)6-5(8)9-10-12(6)4/h11H,1-4H3. The van der Waals surface area contributed by atoms with Gasteiger partial charge in [-0.25, -0.2) is 13.1 Å². The highest BCUT2D eigenvalue weighted by Crippen LogP contribution is 2.18. The summed E-state index contributed by atoms with van der Waals surface area (Å²) in [6.07, 6.45) is 0. The van der Waals surface area contributed by atoms with Gasteiger partial charge in [0, 0.05) is 7.05 Å². The van der Waals surface area contributed by atoms with Crippen LogP contribution in [0, 0.1) is 0 Å². The van der Waals surface area contributed by atoms with Crippen molar-refractivity contribution in [2.75, 3.05) is 0 Å². The normalized spacial score (nSPS) is 13.1. The maximum Gasteiger partial charge on any atom is 0.282 e. The molecule has 92 valence electrons. The molecule has 0 bridgehead atoms. The van der Waals surface area contributed by atoms with Crippen molar-refractivity contribution in [3.05, 3.63) is 4.60 Å². The van der Waals surface area contributed by atoms with Crippen LogP contribution in [0.4, 0.5) is 0 Å². The topological polar surface area (TPSA) is 86.1 Å². The molecule has 1 rings (SSSR count). The molecule has 0 saturated heterocycles. The summed E-state index contributed by atoms with van der Waals surface area (Å²) in [4.78, 5) is 7.02. The van der Waals surface area contributed by atoms with Gasteiger partial charge < -0.3 is 0 Å². The molecule has 1 aromatic rings. The largest absolute Gasteiger partial charge is 0.282 e. The zero-order chi connectivity index (χ0) is 12.6. The first-order valence-electron chi connectivity index (χ1n) is 4.38. The molecule has 0 aliphatic heterocycles. The van der Waals surface area contributed by atoms with Crippen LogP contribution in [0.15, 0.2) is 9.63 Å². The summed E-state index contributed by atoms with van der Waals surface area (Å²) >= 11 is 3.00. The van der Waals surface area contributed by atoms with E-state index in [1.54, 1.807) is 20.8 Å². The molecule has 1 N–H and O–H groups in total. The van der Waals surface area contributed by atoms with Crippen molar-refractivity contribution in [3.63, 3.8) is 0 Å². The van der Waals surface area contributed by atoms with Crippen molar-refractivity contribution in [3.8, 4) is 0 Å². The van der Waals surface area contributed by atoms with Crippen molar-refractivity contribution in [1.82, 2.24) is 19.9 Å². The highest BCUT2D eigenvalue weighted by Gasteiger charge is 2.26. The van der Waals surface area contributed by atoms with Gasteiger partial charge in [-0.2, -0.15) is 0 Å². The molecule has 0 unspecified atom stereocenters. The Kier molecular flexibility index (Phi) is 3.72. The van der Waals surface area contributed by atoms with E-state index in [0.717, 1.165) is 4.68 Å². The second-order valence-electron chi connectivity index (χ2n) is 4.11. The average Bonchev–Trinajstić information content (AvgIpc) is 2.42. The van der Waals surface area contributed by atoms with Gasteiger partial charge in [-0.1, -0.05) is 10.1 Å². The molecule has 0 amide bonds. The van der Waals surface area contributed by atoms with E-state index in [9.17, 15) is 8.42 Å². The van der Waals surface area contributed by atoms with Crippen LogP contribution in [0.2, 0.25) is 0 Å². The maximum atomic E-state index is 11.8. The molecule has 0 aromatic carbocycles. The Morgan fingerprint density at radius 3 is 2.38 bits per heavy atom. The third kappa shape index (κ3) is 3.24. The molecule has 1 heterocycles. The number of halogens is 1. The minimum absolute atomic E-state index is 0.0863. The van der Waals surface area contributed by atoms with E-state index in [0.29, 0.717) is 0 Å². The Balaban J connectivity index is 2.96. The van der Waals surface area contributed by atoms with Gasteiger partial charge in [0.15, 0.2) is 4.60 Å². The number of nitrogens with zero attached hydrogens (tertiary/aromatic N) is 3. The molecule has 0 aliphatic carbocycles. The highest BCUT2D eigenvalue weighted by atomic mass is 79.9. The van der Waals surface area contributed by atoms with Crippen molar-refractivity contribution in [2.24, 2.45) is 7.05 Å². The lowest BCUT2D eigenvalue weighted by atomic mass is 10.2. The van der Waals surface area contributed by atoms with Gasteiger partial charge in [0.2, 0.25) is 5.03 Å². The van der Waals surface area contributed by atoms with E-state index >= 15 is 0 Å². The van der Waals surface area contributed by atoms with Crippen LogP contribution in [-0.2, 0) is 21.9 Å². The van der Waals surface area contributed by atoms with Crippen molar-refractivity contribution in [2.45, 2.75) is 31.4 Å². The number of aromatic nitrogens is 3. The van der Waals surface area contributed by atoms with Crippen LogP contribution in [0.1, 0.15) is 20.8 Å². The summed E-state index contributed by atoms with van der Waals surface area (Å²) in [6.45, 7) is 5.18. The van der Waals surface area contributed by atoms with E-state index in [-0.39, 0.29) is 9.63 Å². The first-order chi connectivity index (χ1) is 7.13. The average molecular weight is 313 g/mol. The van der Waals surface area contributed by atoms with Gasteiger partial charge >= 0.3 is 0 Å². The molecule has 0 fully saturated rings. The SMILES string of the molecule is Cn1nnc(Br)c1S(=O)(=O)NOC(C)(C)C. The van der Waals surface area contributed by atoms with Crippen LogP contribution < -0.4 is 4.89 Å². The molecule has 0 atom stereocenters. The highest BCUT2D eigenvalue weighted by molar-refractivity contribution is 9.10. The van der Waals surface area contributed by atoms with Crippen LogP contribution in [0.3, 0.4) is 0 Å². The molecule has 9 heteroatoms. The number of nitrogens with one attached hydrogen (secondary N) is 1. The Morgan fingerprint density at radius 1 is 1.44 bits per heavy atom. The lowest BCUT2D eigenvalue weighted by Crippen LogP contribution is -2.34. The van der Waals surface area contributed by atoms with Gasteiger partial charge in [-0.3, -0.25) is 4.84 Å². The molecule has 1 aromatic heterocycles. The second-order valence-corrected chi connectivity index (χ2v) is 6.42. The molecule has 0 radical (unpaired) electrons. The lowest BCUT2D eigenvalue weighted by Gasteiger charge is -2.18. The molecule has 7 nitrogen and oxygen atoms in total. The molecular formula is C7H13BrN4O3S. The van der Waals surface area contributed by atoms with E-state index in [4.69, 9.17) is 4.84 Å². The predicted molar refractivity (Wildman–Crippen MR) is 59.9 cm³/mol. The summed E-state index contributed by atoms with van der Waals surface area (Å²) in [5.41, 5.74) is -0.619. The van der Waals surface area contributed by atoms with Crippen molar-refractivity contribution in [1.29, 1.82) is 0 Å². The monoisotopic (exact) mass is 312 g/mol. The fraction of sp³-hybridized carbons (Fsp3) is 0.714. The lowest BCUT2D eigenvalue weighted by molar-refractivity contribution is -0.0359. The van der Waals surface area contributed by atoms with Crippen molar-refractivity contribution >= 4 is 26.0 Å². The summed E-state index contributed by atoms with van der Waals surface area (Å²) in [5.74, 6) is 0. The van der Waals surface area contributed by atoms with Gasteiger partial charge in [-0.05, 0) is 36.7 Å². The van der Waals surface area contributed by atoms with E-state index in [1.807, 2.05) is 4.89 Å². The van der Waals surface area contributed by atoms with Crippen LogP contribution in [-0.4, -0.2) is 29.0 Å². The molecule has 16 heavy (non-hydrogen) atoms. The van der Waals surface area contributed by atoms with E-state index in [2.05, 4.69) is 26.2 Å². The zero-order valence-corrected chi connectivity index (χ0v) is 11.8. The smallest absolute Gasteiger partial charge is 0.281 e. The van der Waals surface area contributed by atoms with Crippen LogP contribution in [0.5, 0.6) is 0 Å². The number of hydrogen-bond donors (Lipinski definition) is 1. The quantitative estimate of drug-likeness (QED) is 0.825. The van der Waals surface area contributed by atoms with Gasteiger partial charge in [0.25, 0.3) is 10.0 Å². The third-order valence-corrected chi connectivity index (χ3v) is 3.52. The summed E-state index contributed by atoms with van der Waals surface area (Å²) in [7, 11) is -2.32. The number of hydrogen-bond acceptors (Lipinski definition) is 5. The first kappa shape index (κ1) is 13.6. The molecule has 0 saturated carbocycles. The van der Waals surface area contributed by atoms with E-state index < -0.39 is 15.6 Å². The Labute approximate surface area is 102 Å². The van der Waals surface area contributed by atoms with Crippen LogP contribution in [0.25, 0.3) is 0 Å². The fourth-order valence-corrected chi connectivity index (χ4v) is 2.88. The third-order valence-electron chi connectivity index (χ3n) is 1.45. The maximum absolute atomic E-state index is 11.8. The molecule has 0 aliphatic rings. The fourth-order valence-electron chi connectivity index (χ4n) is 0.827. The summed E-state index contributed by atoms with van der Waals surface area (Å²) in [6, 6.07) is 0. The number of rotatable bonds is 3. The van der Waals surface area contributed by atoms with Gasteiger partial charge in [0.05, 0.1) is 5.60 Å². The Bertz CT molecular complexity index is 457. The first-order valence-corrected chi connectivity index (χ1v) is 6.66. The predicted octanol–water partition coefficient (Wildman–Crippen LogP) is 0.586. The van der Waals surface area contributed by atoms with Gasteiger partial charge in [0.1, 0.15) is 0 Å². The van der Waals surface area contributed by atoms with Crippen LogP contribution >= 0.6 is 15.9 Å². The molecular weight excluding hydrogens is 300 g/mol. The minimum atomic E-state index is -3.79. The number of sulfonamides is 1. The van der Waals surface area contributed by atoms with E-state index in [1.165, 1.54) is 7.05 Å².